The Morgan fingerprint density at radius 2 is 2.13 bits per heavy atom. The third-order valence-electron chi connectivity index (χ3n) is 2.43. The summed E-state index contributed by atoms with van der Waals surface area (Å²) in [6.07, 6.45) is 2.16. The average Bonchev–Trinajstić information content (AvgIpc) is 2.21. The fraction of sp³-hybridized carbons (Fsp3) is 0.583. The normalized spacial score (nSPS) is 10.5. The molecule has 0 aliphatic rings. The number of nitrogens with one attached hydrogen (secondary N) is 1. The third-order valence-corrected chi connectivity index (χ3v) is 2.43. The summed E-state index contributed by atoms with van der Waals surface area (Å²) in [6.45, 7) is 6.97. The fourth-order valence-corrected chi connectivity index (χ4v) is 1.57. The zero-order chi connectivity index (χ0) is 11.1. The van der Waals surface area contributed by atoms with Crippen molar-refractivity contribution in [1.82, 2.24) is 9.88 Å². The molecule has 0 atom stereocenters. The van der Waals surface area contributed by atoms with Gasteiger partial charge in [0, 0.05) is 18.3 Å². The first kappa shape index (κ1) is 12.0. The lowest BCUT2D eigenvalue weighted by molar-refractivity contribution is 0.560. The van der Waals surface area contributed by atoms with E-state index >= 15 is 0 Å². The lowest BCUT2D eigenvalue weighted by Gasteiger charge is -2.09. The Morgan fingerprint density at radius 1 is 1.33 bits per heavy atom. The number of nitrogens with zero attached hydrogens (tertiary/aromatic N) is 1. The number of rotatable bonds is 6. The van der Waals surface area contributed by atoms with Crippen LogP contribution in [0.15, 0.2) is 23.0 Å². The van der Waals surface area contributed by atoms with Gasteiger partial charge >= 0.3 is 0 Å². The lowest BCUT2D eigenvalue weighted by atomic mass is 10.3. The molecule has 0 saturated carbocycles. The second kappa shape index (κ2) is 6.40. The van der Waals surface area contributed by atoms with E-state index in [2.05, 4.69) is 12.2 Å². The standard InChI is InChI=1S/C12H20N2O/c1-3-8-13-9-5-10-14-11(2)6-4-7-12(14)15/h4,6-7,13H,3,5,8-10H2,1-2H3. The Bertz CT molecular complexity index is 344. The first-order valence-electron chi connectivity index (χ1n) is 5.63. The largest absolute Gasteiger partial charge is 0.317 e. The van der Waals surface area contributed by atoms with Gasteiger partial charge in [0.15, 0.2) is 0 Å². The SMILES string of the molecule is CCCNCCCn1c(C)cccc1=O. The van der Waals surface area contributed by atoms with Crippen LogP contribution < -0.4 is 10.9 Å². The smallest absolute Gasteiger partial charge is 0.250 e. The molecule has 0 fully saturated rings. The Morgan fingerprint density at radius 3 is 2.80 bits per heavy atom. The molecule has 0 unspecified atom stereocenters. The summed E-state index contributed by atoms with van der Waals surface area (Å²) in [5.41, 5.74) is 1.14. The minimum absolute atomic E-state index is 0.102. The minimum Gasteiger partial charge on any atom is -0.317 e. The molecule has 1 rings (SSSR count). The molecule has 3 nitrogen and oxygen atoms in total. The van der Waals surface area contributed by atoms with Crippen molar-refractivity contribution >= 4 is 0 Å². The average molecular weight is 208 g/mol. The van der Waals surface area contributed by atoms with Crippen molar-refractivity contribution < 1.29 is 0 Å². The Labute approximate surface area is 91.1 Å². The van der Waals surface area contributed by atoms with Crippen LogP contribution in [0.2, 0.25) is 0 Å². The Hall–Kier alpha value is -1.09. The Balaban J connectivity index is 2.40. The van der Waals surface area contributed by atoms with E-state index < -0.39 is 0 Å². The van der Waals surface area contributed by atoms with E-state index in [1.54, 1.807) is 6.07 Å². The van der Waals surface area contributed by atoms with Crippen molar-refractivity contribution in [2.24, 2.45) is 0 Å². The predicted octanol–water partition coefficient (Wildman–Crippen LogP) is 1.55. The van der Waals surface area contributed by atoms with Gasteiger partial charge in [-0.3, -0.25) is 4.79 Å². The van der Waals surface area contributed by atoms with Gasteiger partial charge in [-0.1, -0.05) is 13.0 Å². The molecule has 0 aromatic carbocycles. The molecule has 1 N–H and O–H groups in total. The molecule has 1 heterocycles. The van der Waals surface area contributed by atoms with Crippen LogP contribution >= 0.6 is 0 Å². The third kappa shape index (κ3) is 3.88. The Kier molecular flexibility index (Phi) is 5.12. The molecule has 0 amide bonds. The second-order valence-electron chi connectivity index (χ2n) is 3.76. The molecule has 0 saturated heterocycles. The van der Waals surface area contributed by atoms with Crippen LogP contribution in [-0.4, -0.2) is 17.7 Å². The topological polar surface area (TPSA) is 34.0 Å². The maximum absolute atomic E-state index is 11.5. The van der Waals surface area contributed by atoms with E-state index in [9.17, 15) is 4.79 Å². The summed E-state index contributed by atoms with van der Waals surface area (Å²) in [6, 6.07) is 5.40. The highest BCUT2D eigenvalue weighted by atomic mass is 16.1. The molecule has 0 bridgehead atoms. The predicted molar refractivity (Wildman–Crippen MR) is 63.2 cm³/mol. The van der Waals surface area contributed by atoms with Crippen LogP contribution in [0.5, 0.6) is 0 Å². The summed E-state index contributed by atoms with van der Waals surface area (Å²) in [7, 11) is 0. The number of hydrogen-bond donors (Lipinski definition) is 1. The quantitative estimate of drug-likeness (QED) is 0.720. The van der Waals surface area contributed by atoms with Gasteiger partial charge in [0.25, 0.3) is 5.56 Å². The van der Waals surface area contributed by atoms with Gasteiger partial charge in [-0.15, -0.1) is 0 Å². The van der Waals surface area contributed by atoms with E-state index in [0.717, 1.165) is 38.2 Å². The van der Waals surface area contributed by atoms with E-state index in [1.165, 1.54) is 0 Å². The molecule has 1 aromatic heterocycles. The molecule has 15 heavy (non-hydrogen) atoms. The van der Waals surface area contributed by atoms with E-state index in [4.69, 9.17) is 0 Å². The number of aryl methyl sites for hydroxylation is 1. The van der Waals surface area contributed by atoms with Crippen molar-refractivity contribution in [3.63, 3.8) is 0 Å². The number of pyridine rings is 1. The van der Waals surface area contributed by atoms with Gasteiger partial charge in [0.1, 0.15) is 0 Å². The van der Waals surface area contributed by atoms with Gasteiger partial charge in [0.05, 0.1) is 0 Å². The van der Waals surface area contributed by atoms with Crippen LogP contribution in [0.3, 0.4) is 0 Å². The lowest BCUT2D eigenvalue weighted by Crippen LogP contribution is -2.24. The van der Waals surface area contributed by atoms with E-state index in [0.29, 0.717) is 0 Å². The zero-order valence-electron chi connectivity index (χ0n) is 9.62. The summed E-state index contributed by atoms with van der Waals surface area (Å²) >= 11 is 0. The van der Waals surface area contributed by atoms with Crippen LogP contribution in [0, 0.1) is 6.92 Å². The summed E-state index contributed by atoms with van der Waals surface area (Å²) in [4.78, 5) is 11.5. The zero-order valence-corrected chi connectivity index (χ0v) is 9.62. The van der Waals surface area contributed by atoms with Gasteiger partial charge in [0.2, 0.25) is 0 Å². The van der Waals surface area contributed by atoms with Gasteiger partial charge in [-0.25, -0.2) is 0 Å². The van der Waals surface area contributed by atoms with Crippen molar-refractivity contribution in [3.8, 4) is 0 Å². The van der Waals surface area contributed by atoms with Gasteiger partial charge < -0.3 is 9.88 Å². The highest BCUT2D eigenvalue weighted by Gasteiger charge is 1.97. The molecule has 0 radical (unpaired) electrons. The molecular formula is C12H20N2O. The van der Waals surface area contributed by atoms with Crippen LogP contribution in [0.25, 0.3) is 0 Å². The molecular weight excluding hydrogens is 188 g/mol. The summed E-state index contributed by atoms with van der Waals surface area (Å²) < 4.78 is 1.83. The highest BCUT2D eigenvalue weighted by molar-refractivity contribution is 5.04. The molecule has 0 spiro atoms. The van der Waals surface area contributed by atoms with Crippen molar-refractivity contribution in [2.45, 2.75) is 33.2 Å². The van der Waals surface area contributed by atoms with Crippen LogP contribution in [0.1, 0.15) is 25.5 Å². The van der Waals surface area contributed by atoms with E-state index in [1.807, 2.05) is 23.6 Å². The van der Waals surface area contributed by atoms with Crippen molar-refractivity contribution in [2.75, 3.05) is 13.1 Å². The minimum atomic E-state index is 0.102. The van der Waals surface area contributed by atoms with Crippen molar-refractivity contribution in [1.29, 1.82) is 0 Å². The summed E-state index contributed by atoms with van der Waals surface area (Å²) in [5.74, 6) is 0. The van der Waals surface area contributed by atoms with Crippen LogP contribution in [0.4, 0.5) is 0 Å². The molecule has 3 heteroatoms. The van der Waals surface area contributed by atoms with Gasteiger partial charge in [-0.05, 0) is 38.9 Å². The summed E-state index contributed by atoms with van der Waals surface area (Å²) in [5, 5.41) is 3.33. The maximum Gasteiger partial charge on any atom is 0.250 e. The highest BCUT2D eigenvalue weighted by Crippen LogP contribution is 1.94. The number of aromatic nitrogens is 1. The fourth-order valence-electron chi connectivity index (χ4n) is 1.57. The van der Waals surface area contributed by atoms with Gasteiger partial charge in [-0.2, -0.15) is 0 Å². The maximum atomic E-state index is 11.5. The molecule has 0 aliphatic heterocycles. The molecule has 84 valence electrons. The monoisotopic (exact) mass is 208 g/mol. The van der Waals surface area contributed by atoms with Crippen molar-refractivity contribution in [3.05, 3.63) is 34.2 Å². The van der Waals surface area contributed by atoms with Crippen LogP contribution in [-0.2, 0) is 6.54 Å². The first-order valence-corrected chi connectivity index (χ1v) is 5.63. The van der Waals surface area contributed by atoms with E-state index in [-0.39, 0.29) is 5.56 Å². The molecule has 0 aliphatic carbocycles. The number of hydrogen-bond acceptors (Lipinski definition) is 2. The molecule has 1 aromatic rings. The first-order chi connectivity index (χ1) is 7.25. The second-order valence-corrected chi connectivity index (χ2v) is 3.76.